The molecular formula is C27H24ClNO3S2. The summed E-state index contributed by atoms with van der Waals surface area (Å²) in [5.41, 5.74) is 3.83. The summed E-state index contributed by atoms with van der Waals surface area (Å²) in [6, 6.07) is 20.9. The number of hydrogen-bond acceptors (Lipinski definition) is 5. The van der Waals surface area contributed by atoms with Gasteiger partial charge in [0.25, 0.3) is 5.91 Å². The number of rotatable bonds is 8. The second kappa shape index (κ2) is 11.1. The zero-order valence-electron chi connectivity index (χ0n) is 18.9. The van der Waals surface area contributed by atoms with Crippen molar-refractivity contribution in [3.8, 4) is 11.5 Å². The lowest BCUT2D eigenvalue weighted by Gasteiger charge is -2.14. The first kappa shape index (κ1) is 24.3. The summed E-state index contributed by atoms with van der Waals surface area (Å²) < 4.78 is 12.4. The van der Waals surface area contributed by atoms with Gasteiger partial charge in [-0.1, -0.05) is 59.8 Å². The quantitative estimate of drug-likeness (QED) is 0.182. The first-order valence-corrected chi connectivity index (χ1v) is 12.5. The van der Waals surface area contributed by atoms with E-state index in [1.165, 1.54) is 22.9 Å². The monoisotopic (exact) mass is 509 g/mol. The highest BCUT2D eigenvalue weighted by atomic mass is 35.5. The number of anilines is 1. The van der Waals surface area contributed by atoms with Gasteiger partial charge in [0.1, 0.15) is 11.5 Å². The second-order valence-electron chi connectivity index (χ2n) is 7.91. The van der Waals surface area contributed by atoms with Gasteiger partial charge in [0.05, 0.1) is 23.8 Å². The molecule has 0 radical (unpaired) electrons. The van der Waals surface area contributed by atoms with Crippen molar-refractivity contribution in [2.45, 2.75) is 20.3 Å². The molecule has 4 rings (SSSR count). The van der Waals surface area contributed by atoms with Crippen LogP contribution in [0.25, 0.3) is 6.08 Å². The number of nitrogens with zero attached hydrogens (tertiary/aromatic N) is 1. The molecule has 7 heteroatoms. The predicted octanol–water partition coefficient (Wildman–Crippen LogP) is 7.21. The largest absolute Gasteiger partial charge is 0.493 e. The summed E-state index contributed by atoms with van der Waals surface area (Å²) in [7, 11) is 0. The minimum atomic E-state index is -0.158. The molecule has 3 aromatic carbocycles. The Kier molecular flexibility index (Phi) is 7.93. The summed E-state index contributed by atoms with van der Waals surface area (Å²) in [5, 5.41) is 0.565. The molecule has 0 aromatic heterocycles. The highest BCUT2D eigenvalue weighted by molar-refractivity contribution is 8.27. The number of ether oxygens (including phenoxy) is 2. The van der Waals surface area contributed by atoms with Crippen LogP contribution >= 0.6 is 35.6 Å². The van der Waals surface area contributed by atoms with Gasteiger partial charge in [-0.25, -0.2) is 0 Å². The number of carbonyl (C=O) groups excluding carboxylic acids is 1. The van der Waals surface area contributed by atoms with Crippen LogP contribution < -0.4 is 14.4 Å². The lowest BCUT2D eigenvalue weighted by atomic mass is 10.1. The van der Waals surface area contributed by atoms with E-state index in [1.807, 2.05) is 48.5 Å². The van der Waals surface area contributed by atoms with Crippen LogP contribution in [0.1, 0.15) is 23.1 Å². The fraction of sp³-hybridized carbons (Fsp3) is 0.185. The molecule has 1 aliphatic rings. The summed E-state index contributed by atoms with van der Waals surface area (Å²) >= 11 is 13.0. The van der Waals surface area contributed by atoms with Gasteiger partial charge < -0.3 is 9.47 Å². The first-order valence-electron chi connectivity index (χ1n) is 10.9. The molecule has 0 atom stereocenters. The normalized spacial score (nSPS) is 14.7. The molecule has 1 fully saturated rings. The van der Waals surface area contributed by atoms with Crippen LogP contribution in [0.4, 0.5) is 5.69 Å². The van der Waals surface area contributed by atoms with Gasteiger partial charge >= 0.3 is 0 Å². The summed E-state index contributed by atoms with van der Waals surface area (Å²) in [5.74, 6) is 1.36. The van der Waals surface area contributed by atoms with E-state index in [2.05, 4.69) is 19.9 Å². The molecular weight excluding hydrogens is 486 g/mol. The molecule has 34 heavy (non-hydrogen) atoms. The molecule has 0 spiro atoms. The standard InChI is InChI=1S/C27H24ClNO3S2/c1-18-13-19(2)15-23(14-18)31-11-6-12-32-24-10-9-21(28)16-20(24)17-25-26(30)29(27(33)34-25)22-7-4-3-5-8-22/h3-5,7-10,13-17H,6,11-12H2,1-2H3. The molecule has 174 valence electrons. The van der Waals surface area contributed by atoms with Crippen molar-refractivity contribution >= 4 is 57.6 Å². The van der Waals surface area contributed by atoms with Gasteiger partial charge in [-0.05, 0) is 73.5 Å². The number of amides is 1. The van der Waals surface area contributed by atoms with Crippen LogP contribution in [0.15, 0.2) is 71.6 Å². The average Bonchev–Trinajstić information content (AvgIpc) is 3.07. The highest BCUT2D eigenvalue weighted by Crippen LogP contribution is 2.37. The minimum absolute atomic E-state index is 0.158. The van der Waals surface area contributed by atoms with E-state index in [0.717, 1.165) is 17.0 Å². The fourth-order valence-electron chi connectivity index (χ4n) is 3.62. The maximum Gasteiger partial charge on any atom is 0.270 e. The van der Waals surface area contributed by atoms with Crippen LogP contribution in [0.2, 0.25) is 5.02 Å². The van der Waals surface area contributed by atoms with Crippen molar-refractivity contribution in [2.75, 3.05) is 18.1 Å². The van der Waals surface area contributed by atoms with Crippen LogP contribution in [0.3, 0.4) is 0 Å². The molecule has 3 aromatic rings. The molecule has 0 saturated carbocycles. The number of aryl methyl sites for hydroxylation is 2. The maximum atomic E-state index is 13.1. The van der Waals surface area contributed by atoms with E-state index >= 15 is 0 Å². The zero-order chi connectivity index (χ0) is 24.1. The van der Waals surface area contributed by atoms with Crippen LogP contribution in [-0.2, 0) is 4.79 Å². The third-order valence-electron chi connectivity index (χ3n) is 5.08. The third-order valence-corrected chi connectivity index (χ3v) is 6.61. The number of hydrogen-bond donors (Lipinski definition) is 0. The Morgan fingerprint density at radius 2 is 1.68 bits per heavy atom. The van der Waals surface area contributed by atoms with Gasteiger partial charge in [-0.2, -0.15) is 0 Å². The Bertz CT molecular complexity index is 1220. The topological polar surface area (TPSA) is 38.8 Å². The van der Waals surface area contributed by atoms with E-state index in [-0.39, 0.29) is 5.91 Å². The molecule has 1 amide bonds. The van der Waals surface area contributed by atoms with E-state index in [9.17, 15) is 4.79 Å². The van der Waals surface area contributed by atoms with Gasteiger partial charge in [-0.15, -0.1) is 0 Å². The van der Waals surface area contributed by atoms with Crippen LogP contribution in [0, 0.1) is 13.8 Å². The molecule has 4 nitrogen and oxygen atoms in total. The molecule has 1 saturated heterocycles. The summed E-state index contributed by atoms with van der Waals surface area (Å²) in [4.78, 5) is 15.1. The second-order valence-corrected chi connectivity index (χ2v) is 10.0. The Morgan fingerprint density at radius 3 is 2.41 bits per heavy atom. The predicted molar refractivity (Wildman–Crippen MR) is 145 cm³/mol. The third kappa shape index (κ3) is 6.00. The molecule has 0 aliphatic carbocycles. The average molecular weight is 510 g/mol. The minimum Gasteiger partial charge on any atom is -0.493 e. The number of halogens is 1. The van der Waals surface area contributed by atoms with E-state index < -0.39 is 0 Å². The lowest BCUT2D eigenvalue weighted by Crippen LogP contribution is -2.27. The van der Waals surface area contributed by atoms with Crippen LogP contribution in [-0.4, -0.2) is 23.4 Å². The molecule has 0 unspecified atom stereocenters. The van der Waals surface area contributed by atoms with Gasteiger partial charge in [0.2, 0.25) is 0 Å². The van der Waals surface area contributed by atoms with Crippen molar-refractivity contribution < 1.29 is 14.3 Å². The Morgan fingerprint density at radius 1 is 0.971 bits per heavy atom. The molecule has 1 heterocycles. The fourth-order valence-corrected chi connectivity index (χ4v) is 5.09. The molecule has 1 aliphatic heterocycles. The Labute approximate surface area is 214 Å². The summed E-state index contributed by atoms with van der Waals surface area (Å²) in [6.07, 6.45) is 2.50. The highest BCUT2D eigenvalue weighted by Gasteiger charge is 2.33. The molecule has 0 N–H and O–H groups in total. The maximum absolute atomic E-state index is 13.1. The number of thiocarbonyl (C=S) groups is 1. The van der Waals surface area contributed by atoms with E-state index in [4.69, 9.17) is 33.3 Å². The van der Waals surface area contributed by atoms with Crippen molar-refractivity contribution in [1.29, 1.82) is 0 Å². The van der Waals surface area contributed by atoms with E-state index in [0.29, 0.717) is 39.6 Å². The molecule has 0 bridgehead atoms. The Hall–Kier alpha value is -2.80. The van der Waals surface area contributed by atoms with Gasteiger partial charge in [0, 0.05) is 17.0 Å². The van der Waals surface area contributed by atoms with Crippen molar-refractivity contribution in [2.24, 2.45) is 0 Å². The van der Waals surface area contributed by atoms with E-state index in [1.54, 1.807) is 23.1 Å². The van der Waals surface area contributed by atoms with Gasteiger partial charge in [-0.3, -0.25) is 9.69 Å². The van der Waals surface area contributed by atoms with Crippen LogP contribution in [0.5, 0.6) is 11.5 Å². The number of benzene rings is 3. The number of para-hydroxylation sites is 1. The van der Waals surface area contributed by atoms with Crippen molar-refractivity contribution in [3.63, 3.8) is 0 Å². The first-order chi connectivity index (χ1) is 16.4. The number of thioether (sulfide) groups is 1. The van der Waals surface area contributed by atoms with Crippen molar-refractivity contribution in [1.82, 2.24) is 0 Å². The van der Waals surface area contributed by atoms with Crippen molar-refractivity contribution in [3.05, 3.63) is 93.3 Å². The SMILES string of the molecule is Cc1cc(C)cc(OCCCOc2ccc(Cl)cc2C=C2SC(=S)N(c3ccccc3)C2=O)c1. The smallest absolute Gasteiger partial charge is 0.270 e. The Balaban J connectivity index is 1.41. The summed E-state index contributed by atoms with van der Waals surface area (Å²) in [6.45, 7) is 5.12. The van der Waals surface area contributed by atoms with Gasteiger partial charge in [0.15, 0.2) is 4.32 Å². The lowest BCUT2D eigenvalue weighted by molar-refractivity contribution is -0.113. The number of carbonyl (C=O) groups is 1. The zero-order valence-corrected chi connectivity index (χ0v) is 21.3.